The first-order valence-corrected chi connectivity index (χ1v) is 11.7. The molecule has 0 radical (unpaired) electrons. The quantitative estimate of drug-likeness (QED) is 0.517. The van der Waals surface area contributed by atoms with Crippen molar-refractivity contribution in [2.75, 3.05) is 19.6 Å². The maximum atomic E-state index is 12.9. The first-order chi connectivity index (χ1) is 15.6. The average molecular weight is 431 g/mol. The van der Waals surface area contributed by atoms with Crippen molar-refractivity contribution in [2.24, 2.45) is 5.92 Å². The van der Waals surface area contributed by atoms with Crippen molar-refractivity contribution in [1.29, 1.82) is 0 Å². The Balaban J connectivity index is 1.27. The van der Waals surface area contributed by atoms with Crippen LogP contribution in [0.1, 0.15) is 53.4 Å². The summed E-state index contributed by atoms with van der Waals surface area (Å²) in [7, 11) is 0. The van der Waals surface area contributed by atoms with E-state index in [9.17, 15) is 4.79 Å². The number of amides is 1. The Labute approximate surface area is 191 Å². The van der Waals surface area contributed by atoms with Crippen molar-refractivity contribution in [3.05, 3.63) is 94.9 Å². The minimum Gasteiger partial charge on any atom is -0.466 e. The van der Waals surface area contributed by atoms with Gasteiger partial charge >= 0.3 is 0 Å². The minimum atomic E-state index is 0.0842. The molecule has 0 atom stereocenters. The number of carbonyl (C=O) groups excluding carboxylic acids is 1. The van der Waals surface area contributed by atoms with Crippen LogP contribution in [0.2, 0.25) is 0 Å². The van der Waals surface area contributed by atoms with Gasteiger partial charge in [0.1, 0.15) is 11.5 Å². The van der Waals surface area contributed by atoms with Crippen molar-refractivity contribution in [2.45, 2.75) is 45.6 Å². The molecule has 0 saturated carbocycles. The molecule has 4 nitrogen and oxygen atoms in total. The van der Waals surface area contributed by atoms with E-state index in [1.807, 2.05) is 50.2 Å². The SMILES string of the molecule is Cc1cc(CN2CCC(CNC(=O)CC(c3ccccc3)c3ccccc3)CC2)c(C)o1. The van der Waals surface area contributed by atoms with Gasteiger partial charge in [0, 0.05) is 31.0 Å². The van der Waals surface area contributed by atoms with E-state index < -0.39 is 0 Å². The molecule has 1 aliphatic rings. The Morgan fingerprint density at radius 3 is 2.12 bits per heavy atom. The molecule has 4 heteroatoms. The van der Waals surface area contributed by atoms with Crippen LogP contribution in [0.3, 0.4) is 0 Å². The second-order valence-corrected chi connectivity index (χ2v) is 9.04. The summed E-state index contributed by atoms with van der Waals surface area (Å²) in [6, 6.07) is 22.8. The zero-order valence-corrected chi connectivity index (χ0v) is 19.2. The number of nitrogens with zero attached hydrogens (tertiary/aromatic N) is 1. The molecule has 1 fully saturated rings. The predicted molar refractivity (Wildman–Crippen MR) is 129 cm³/mol. The van der Waals surface area contributed by atoms with Gasteiger partial charge in [-0.2, -0.15) is 0 Å². The summed E-state index contributed by atoms with van der Waals surface area (Å²) < 4.78 is 5.66. The van der Waals surface area contributed by atoms with Crippen LogP contribution in [0.15, 0.2) is 71.1 Å². The topological polar surface area (TPSA) is 45.5 Å². The fourth-order valence-corrected chi connectivity index (χ4v) is 4.74. The molecule has 2 aromatic carbocycles. The number of likely N-dealkylation sites (tertiary alicyclic amines) is 1. The molecular weight excluding hydrogens is 396 g/mol. The third-order valence-corrected chi connectivity index (χ3v) is 6.63. The highest BCUT2D eigenvalue weighted by Crippen LogP contribution is 2.28. The monoisotopic (exact) mass is 430 g/mol. The lowest BCUT2D eigenvalue weighted by molar-refractivity contribution is -0.121. The highest BCUT2D eigenvalue weighted by atomic mass is 16.3. The number of carbonyl (C=O) groups is 1. The molecule has 168 valence electrons. The van der Waals surface area contributed by atoms with Gasteiger partial charge in [0.05, 0.1) is 0 Å². The van der Waals surface area contributed by atoms with E-state index in [0.29, 0.717) is 12.3 Å². The van der Waals surface area contributed by atoms with Crippen LogP contribution in [0.5, 0.6) is 0 Å². The lowest BCUT2D eigenvalue weighted by atomic mass is 9.88. The molecule has 1 N–H and O–H groups in total. The number of piperidine rings is 1. The van der Waals surface area contributed by atoms with Crippen LogP contribution in [0.4, 0.5) is 0 Å². The largest absolute Gasteiger partial charge is 0.466 e. The van der Waals surface area contributed by atoms with Gasteiger partial charge in [-0.25, -0.2) is 0 Å². The summed E-state index contributed by atoms with van der Waals surface area (Å²) in [5.41, 5.74) is 3.67. The molecule has 1 saturated heterocycles. The van der Waals surface area contributed by atoms with Gasteiger partial charge in [0.25, 0.3) is 0 Å². The van der Waals surface area contributed by atoms with E-state index in [1.165, 1.54) is 16.7 Å². The van der Waals surface area contributed by atoms with Crippen molar-refractivity contribution >= 4 is 5.91 Å². The lowest BCUT2D eigenvalue weighted by Gasteiger charge is -2.32. The smallest absolute Gasteiger partial charge is 0.220 e. The standard InChI is InChI=1S/C28H34N2O2/c1-21-17-26(22(2)32-21)20-30-15-13-23(14-16-30)19-29-28(31)18-27(24-9-5-3-6-10-24)25-11-7-4-8-12-25/h3-12,17,23,27H,13-16,18-20H2,1-2H3,(H,29,31). The van der Waals surface area contributed by atoms with Crippen LogP contribution in [0, 0.1) is 19.8 Å². The summed E-state index contributed by atoms with van der Waals surface area (Å²) in [6.45, 7) is 7.92. The summed E-state index contributed by atoms with van der Waals surface area (Å²) >= 11 is 0. The van der Waals surface area contributed by atoms with Crippen LogP contribution in [0.25, 0.3) is 0 Å². The van der Waals surface area contributed by atoms with Crippen LogP contribution < -0.4 is 5.32 Å². The molecule has 1 aliphatic heterocycles. The third kappa shape index (κ3) is 5.89. The fourth-order valence-electron chi connectivity index (χ4n) is 4.74. The molecule has 32 heavy (non-hydrogen) atoms. The summed E-state index contributed by atoms with van der Waals surface area (Å²) in [5.74, 6) is 2.78. The molecular formula is C28H34N2O2. The first kappa shape index (κ1) is 22.3. The Hall–Kier alpha value is -2.85. The van der Waals surface area contributed by atoms with E-state index in [2.05, 4.69) is 40.5 Å². The van der Waals surface area contributed by atoms with E-state index in [1.54, 1.807) is 0 Å². The van der Waals surface area contributed by atoms with Gasteiger partial charge < -0.3 is 9.73 Å². The number of benzene rings is 2. The Kier molecular flexibility index (Phi) is 7.43. The molecule has 4 rings (SSSR count). The number of furan rings is 1. The van der Waals surface area contributed by atoms with Crippen LogP contribution in [-0.2, 0) is 11.3 Å². The number of hydrogen-bond donors (Lipinski definition) is 1. The van der Waals surface area contributed by atoms with E-state index >= 15 is 0 Å². The lowest BCUT2D eigenvalue weighted by Crippen LogP contribution is -2.38. The Morgan fingerprint density at radius 2 is 1.59 bits per heavy atom. The van der Waals surface area contributed by atoms with Gasteiger partial charge in [0.2, 0.25) is 5.91 Å². The van der Waals surface area contributed by atoms with Crippen LogP contribution >= 0.6 is 0 Å². The minimum absolute atomic E-state index is 0.0842. The number of nitrogens with one attached hydrogen (secondary N) is 1. The highest BCUT2D eigenvalue weighted by Gasteiger charge is 2.22. The molecule has 0 spiro atoms. The van der Waals surface area contributed by atoms with E-state index in [0.717, 1.165) is 50.5 Å². The summed E-state index contributed by atoms with van der Waals surface area (Å²) in [5, 5.41) is 3.23. The molecule has 0 bridgehead atoms. The molecule has 1 aromatic heterocycles. The number of aryl methyl sites for hydroxylation is 2. The average Bonchev–Trinajstić information content (AvgIpc) is 3.14. The van der Waals surface area contributed by atoms with E-state index in [4.69, 9.17) is 4.42 Å². The molecule has 2 heterocycles. The zero-order valence-electron chi connectivity index (χ0n) is 19.2. The Morgan fingerprint density at radius 1 is 1.00 bits per heavy atom. The predicted octanol–water partition coefficient (Wildman–Crippen LogP) is 5.45. The maximum absolute atomic E-state index is 12.9. The second-order valence-electron chi connectivity index (χ2n) is 9.04. The van der Waals surface area contributed by atoms with Crippen molar-refractivity contribution in [1.82, 2.24) is 10.2 Å². The number of hydrogen-bond acceptors (Lipinski definition) is 3. The third-order valence-electron chi connectivity index (χ3n) is 6.63. The zero-order chi connectivity index (χ0) is 22.3. The van der Waals surface area contributed by atoms with Gasteiger partial charge in [-0.3, -0.25) is 9.69 Å². The molecule has 3 aromatic rings. The summed E-state index contributed by atoms with van der Waals surface area (Å²) in [4.78, 5) is 15.4. The van der Waals surface area contributed by atoms with Crippen LogP contribution in [-0.4, -0.2) is 30.4 Å². The summed E-state index contributed by atoms with van der Waals surface area (Å²) in [6.07, 6.45) is 2.72. The van der Waals surface area contributed by atoms with Gasteiger partial charge in [0.15, 0.2) is 0 Å². The van der Waals surface area contributed by atoms with Gasteiger partial charge in [-0.05, 0) is 62.9 Å². The number of rotatable bonds is 8. The fraction of sp³-hybridized carbons (Fsp3) is 0.393. The highest BCUT2D eigenvalue weighted by molar-refractivity contribution is 5.77. The first-order valence-electron chi connectivity index (χ1n) is 11.7. The molecule has 1 amide bonds. The normalized spacial score (nSPS) is 15.2. The van der Waals surface area contributed by atoms with Gasteiger partial charge in [-0.1, -0.05) is 60.7 Å². The van der Waals surface area contributed by atoms with Crippen molar-refractivity contribution in [3.8, 4) is 0 Å². The molecule has 0 unspecified atom stereocenters. The second kappa shape index (κ2) is 10.6. The molecule has 0 aliphatic carbocycles. The van der Waals surface area contributed by atoms with Crippen molar-refractivity contribution in [3.63, 3.8) is 0 Å². The van der Waals surface area contributed by atoms with Gasteiger partial charge in [-0.15, -0.1) is 0 Å². The van der Waals surface area contributed by atoms with E-state index in [-0.39, 0.29) is 11.8 Å². The maximum Gasteiger partial charge on any atom is 0.220 e. The van der Waals surface area contributed by atoms with Crippen molar-refractivity contribution < 1.29 is 9.21 Å². The Bertz CT molecular complexity index is 949.